The molecule has 0 saturated heterocycles. The number of carbonyl (C=O) groups is 1. The maximum absolute atomic E-state index is 11.7. The molecule has 1 rings (SSSR count). The van der Waals surface area contributed by atoms with Crippen LogP contribution in [0.4, 0.5) is 4.79 Å². The first-order valence-electron chi connectivity index (χ1n) is 6.65. The Morgan fingerprint density at radius 1 is 1.24 bits per heavy atom. The lowest BCUT2D eigenvalue weighted by Crippen LogP contribution is -2.52. The van der Waals surface area contributed by atoms with Crippen LogP contribution in [0.15, 0.2) is 0 Å². The highest BCUT2D eigenvalue weighted by molar-refractivity contribution is 5.68. The molecule has 4 nitrogen and oxygen atoms in total. The van der Waals surface area contributed by atoms with E-state index in [9.17, 15) is 4.79 Å². The number of hydrogen-bond acceptors (Lipinski definition) is 3. The second-order valence-electron chi connectivity index (χ2n) is 5.70. The Labute approximate surface area is 104 Å². The minimum absolute atomic E-state index is 0.207. The van der Waals surface area contributed by atoms with Crippen LogP contribution >= 0.6 is 0 Å². The van der Waals surface area contributed by atoms with Gasteiger partial charge in [0.1, 0.15) is 5.60 Å². The topological polar surface area (TPSA) is 50.4 Å². The molecule has 2 N–H and O–H groups in total. The Morgan fingerprint density at radius 3 is 2.35 bits per heavy atom. The van der Waals surface area contributed by atoms with Crippen molar-refractivity contribution in [2.75, 3.05) is 6.54 Å². The fourth-order valence-corrected chi connectivity index (χ4v) is 2.27. The van der Waals surface area contributed by atoms with Crippen molar-refractivity contribution in [3.05, 3.63) is 0 Å². The SMILES string of the molecule is CCN[C@@H]1CCCC[C@H]1NC(=O)OC(C)(C)C. The summed E-state index contributed by atoms with van der Waals surface area (Å²) in [6.07, 6.45) is 4.30. The molecule has 4 heteroatoms. The van der Waals surface area contributed by atoms with Crippen LogP contribution in [0, 0.1) is 0 Å². The molecule has 0 heterocycles. The molecule has 1 fully saturated rings. The molecule has 1 saturated carbocycles. The summed E-state index contributed by atoms with van der Waals surface area (Å²) in [5.74, 6) is 0. The zero-order valence-corrected chi connectivity index (χ0v) is 11.5. The highest BCUT2D eigenvalue weighted by Crippen LogP contribution is 2.19. The molecule has 1 aliphatic rings. The summed E-state index contributed by atoms with van der Waals surface area (Å²) in [6.45, 7) is 8.69. The second kappa shape index (κ2) is 6.24. The standard InChI is InChI=1S/C13H26N2O2/c1-5-14-10-8-6-7-9-11(10)15-12(16)17-13(2,3)4/h10-11,14H,5-9H2,1-4H3,(H,15,16)/t10-,11-/m1/s1. The third-order valence-electron chi connectivity index (χ3n) is 2.93. The molecule has 0 radical (unpaired) electrons. The predicted molar refractivity (Wildman–Crippen MR) is 69.1 cm³/mol. The van der Waals surface area contributed by atoms with Crippen LogP contribution in [0.5, 0.6) is 0 Å². The molecule has 1 amide bonds. The molecule has 0 bridgehead atoms. The van der Waals surface area contributed by atoms with Gasteiger partial charge in [-0.3, -0.25) is 0 Å². The Morgan fingerprint density at radius 2 is 1.82 bits per heavy atom. The van der Waals surface area contributed by atoms with Crippen LogP contribution in [-0.2, 0) is 4.74 Å². The number of likely N-dealkylation sites (N-methyl/N-ethyl adjacent to an activating group) is 1. The lowest BCUT2D eigenvalue weighted by Gasteiger charge is -2.33. The van der Waals surface area contributed by atoms with Crippen molar-refractivity contribution in [3.63, 3.8) is 0 Å². The van der Waals surface area contributed by atoms with Gasteiger partial charge < -0.3 is 15.4 Å². The zero-order chi connectivity index (χ0) is 12.9. The van der Waals surface area contributed by atoms with E-state index >= 15 is 0 Å². The Hall–Kier alpha value is -0.770. The maximum atomic E-state index is 11.7. The van der Waals surface area contributed by atoms with Gasteiger partial charge >= 0.3 is 6.09 Å². The van der Waals surface area contributed by atoms with Crippen molar-refractivity contribution >= 4 is 6.09 Å². The predicted octanol–water partition coefficient (Wildman–Crippen LogP) is 2.43. The van der Waals surface area contributed by atoms with E-state index in [1.807, 2.05) is 20.8 Å². The number of alkyl carbamates (subject to hydrolysis) is 1. The van der Waals surface area contributed by atoms with Gasteiger partial charge in [0, 0.05) is 12.1 Å². The highest BCUT2D eigenvalue weighted by atomic mass is 16.6. The molecule has 100 valence electrons. The van der Waals surface area contributed by atoms with Gasteiger partial charge in [-0.15, -0.1) is 0 Å². The third-order valence-corrected chi connectivity index (χ3v) is 2.93. The molecule has 0 aromatic heterocycles. The average Bonchev–Trinajstić information content (AvgIpc) is 2.18. The van der Waals surface area contributed by atoms with Gasteiger partial charge in [0.25, 0.3) is 0 Å². The Kier molecular flexibility index (Phi) is 5.25. The zero-order valence-electron chi connectivity index (χ0n) is 11.5. The highest BCUT2D eigenvalue weighted by Gasteiger charge is 2.27. The molecule has 0 unspecified atom stereocenters. The summed E-state index contributed by atoms with van der Waals surface area (Å²) in [5.41, 5.74) is -0.424. The van der Waals surface area contributed by atoms with E-state index in [1.54, 1.807) is 0 Å². The van der Waals surface area contributed by atoms with Crippen molar-refractivity contribution in [2.24, 2.45) is 0 Å². The van der Waals surface area contributed by atoms with Crippen molar-refractivity contribution in [1.29, 1.82) is 0 Å². The molecular weight excluding hydrogens is 216 g/mol. The first-order valence-corrected chi connectivity index (χ1v) is 6.65. The summed E-state index contributed by atoms with van der Waals surface area (Å²) >= 11 is 0. The van der Waals surface area contributed by atoms with Gasteiger partial charge in [-0.1, -0.05) is 19.8 Å². The molecule has 1 aliphatic carbocycles. The van der Waals surface area contributed by atoms with Gasteiger partial charge in [-0.25, -0.2) is 4.79 Å². The second-order valence-corrected chi connectivity index (χ2v) is 5.70. The normalized spacial score (nSPS) is 25.4. The fraction of sp³-hybridized carbons (Fsp3) is 0.923. The number of carbonyl (C=O) groups excluding carboxylic acids is 1. The Balaban J connectivity index is 2.44. The van der Waals surface area contributed by atoms with Gasteiger partial charge in [-0.05, 0) is 40.2 Å². The Bertz CT molecular complexity index is 246. The van der Waals surface area contributed by atoms with Crippen LogP contribution < -0.4 is 10.6 Å². The quantitative estimate of drug-likeness (QED) is 0.799. The number of hydrogen-bond donors (Lipinski definition) is 2. The van der Waals surface area contributed by atoms with Crippen LogP contribution in [0.2, 0.25) is 0 Å². The van der Waals surface area contributed by atoms with E-state index in [0.717, 1.165) is 19.4 Å². The summed E-state index contributed by atoms with van der Waals surface area (Å²) < 4.78 is 5.29. The average molecular weight is 242 g/mol. The van der Waals surface area contributed by atoms with E-state index in [1.165, 1.54) is 12.8 Å². The van der Waals surface area contributed by atoms with Crippen LogP contribution in [0.1, 0.15) is 53.4 Å². The molecule has 0 aromatic rings. The van der Waals surface area contributed by atoms with E-state index in [2.05, 4.69) is 17.6 Å². The van der Waals surface area contributed by atoms with Gasteiger partial charge in [0.2, 0.25) is 0 Å². The summed E-state index contributed by atoms with van der Waals surface area (Å²) in [7, 11) is 0. The number of amides is 1. The third kappa shape index (κ3) is 5.39. The summed E-state index contributed by atoms with van der Waals surface area (Å²) in [4.78, 5) is 11.7. The summed E-state index contributed by atoms with van der Waals surface area (Å²) in [6, 6.07) is 0.597. The minimum Gasteiger partial charge on any atom is -0.444 e. The number of ether oxygens (including phenoxy) is 1. The van der Waals surface area contributed by atoms with Crippen LogP contribution in [-0.4, -0.2) is 30.3 Å². The van der Waals surface area contributed by atoms with Crippen LogP contribution in [0.3, 0.4) is 0 Å². The molecule has 2 atom stereocenters. The number of rotatable bonds is 3. The van der Waals surface area contributed by atoms with E-state index in [0.29, 0.717) is 6.04 Å². The molecule has 0 spiro atoms. The number of nitrogens with one attached hydrogen (secondary N) is 2. The lowest BCUT2D eigenvalue weighted by atomic mass is 9.90. The van der Waals surface area contributed by atoms with E-state index in [4.69, 9.17) is 4.74 Å². The van der Waals surface area contributed by atoms with E-state index < -0.39 is 5.60 Å². The molecule has 17 heavy (non-hydrogen) atoms. The summed E-state index contributed by atoms with van der Waals surface area (Å²) in [5, 5.41) is 6.42. The smallest absolute Gasteiger partial charge is 0.407 e. The fourth-order valence-electron chi connectivity index (χ4n) is 2.27. The van der Waals surface area contributed by atoms with Gasteiger partial charge in [-0.2, -0.15) is 0 Å². The van der Waals surface area contributed by atoms with Crippen molar-refractivity contribution in [3.8, 4) is 0 Å². The monoisotopic (exact) mass is 242 g/mol. The molecule has 0 aromatic carbocycles. The lowest BCUT2D eigenvalue weighted by molar-refractivity contribution is 0.0480. The molecule has 0 aliphatic heterocycles. The first kappa shape index (κ1) is 14.3. The van der Waals surface area contributed by atoms with Crippen molar-refractivity contribution in [2.45, 2.75) is 71.1 Å². The largest absolute Gasteiger partial charge is 0.444 e. The maximum Gasteiger partial charge on any atom is 0.407 e. The van der Waals surface area contributed by atoms with Gasteiger partial charge in [0.05, 0.1) is 0 Å². The molecular formula is C13H26N2O2. The van der Waals surface area contributed by atoms with E-state index in [-0.39, 0.29) is 12.1 Å². The minimum atomic E-state index is -0.424. The first-order chi connectivity index (χ1) is 7.92. The van der Waals surface area contributed by atoms with Crippen molar-refractivity contribution < 1.29 is 9.53 Å². The van der Waals surface area contributed by atoms with Gasteiger partial charge in [0.15, 0.2) is 0 Å². The van der Waals surface area contributed by atoms with Crippen molar-refractivity contribution in [1.82, 2.24) is 10.6 Å². The van der Waals surface area contributed by atoms with Crippen LogP contribution in [0.25, 0.3) is 0 Å².